The SMILES string of the molecule is Cc1cc(C)cc(C(C)N2CC(C(=O)O)C2)c1. The first-order chi connectivity index (χ1) is 7.97. The molecule has 0 spiro atoms. The monoisotopic (exact) mass is 233 g/mol. The molecule has 2 rings (SSSR count). The largest absolute Gasteiger partial charge is 0.481 e. The van der Waals surface area contributed by atoms with Crippen LogP contribution in [0.1, 0.15) is 29.7 Å². The van der Waals surface area contributed by atoms with Gasteiger partial charge in [0.15, 0.2) is 0 Å². The average Bonchev–Trinajstić information content (AvgIpc) is 2.12. The number of carbonyl (C=O) groups is 1. The Kier molecular flexibility index (Phi) is 3.20. The molecule has 0 radical (unpaired) electrons. The quantitative estimate of drug-likeness (QED) is 0.871. The van der Waals surface area contributed by atoms with Crippen molar-refractivity contribution < 1.29 is 9.90 Å². The molecule has 92 valence electrons. The highest BCUT2D eigenvalue weighted by molar-refractivity contribution is 5.71. The van der Waals surface area contributed by atoms with Crippen LogP contribution in [-0.2, 0) is 4.79 Å². The van der Waals surface area contributed by atoms with Gasteiger partial charge in [0.05, 0.1) is 5.92 Å². The van der Waals surface area contributed by atoms with Crippen molar-refractivity contribution in [3.05, 3.63) is 34.9 Å². The molecule has 0 aromatic heterocycles. The minimum atomic E-state index is -0.672. The van der Waals surface area contributed by atoms with Gasteiger partial charge in [-0.2, -0.15) is 0 Å². The second-order valence-electron chi connectivity index (χ2n) is 5.09. The first-order valence-corrected chi connectivity index (χ1v) is 6.02. The van der Waals surface area contributed by atoms with Gasteiger partial charge in [-0.25, -0.2) is 0 Å². The molecule has 1 N–H and O–H groups in total. The van der Waals surface area contributed by atoms with Crippen LogP contribution in [0.5, 0.6) is 0 Å². The summed E-state index contributed by atoms with van der Waals surface area (Å²) in [5, 5.41) is 8.86. The third-order valence-electron chi connectivity index (χ3n) is 3.53. The number of hydrogen-bond acceptors (Lipinski definition) is 2. The van der Waals surface area contributed by atoms with E-state index in [1.807, 2.05) is 0 Å². The molecule has 1 aliphatic rings. The molecular weight excluding hydrogens is 214 g/mol. The van der Waals surface area contributed by atoms with Gasteiger partial charge in [0.2, 0.25) is 0 Å². The summed E-state index contributed by atoms with van der Waals surface area (Å²) in [7, 11) is 0. The van der Waals surface area contributed by atoms with Crippen LogP contribution in [0.3, 0.4) is 0 Å². The molecule has 0 bridgehead atoms. The number of carboxylic acids is 1. The molecule has 17 heavy (non-hydrogen) atoms. The summed E-state index contributed by atoms with van der Waals surface area (Å²) in [6.45, 7) is 7.68. The van der Waals surface area contributed by atoms with Crippen LogP contribution in [0.15, 0.2) is 18.2 Å². The molecule has 1 heterocycles. The maximum absolute atomic E-state index is 10.8. The van der Waals surface area contributed by atoms with Crippen LogP contribution in [0, 0.1) is 19.8 Å². The van der Waals surface area contributed by atoms with Crippen LogP contribution >= 0.6 is 0 Å². The Hall–Kier alpha value is -1.35. The van der Waals surface area contributed by atoms with Crippen molar-refractivity contribution in [2.75, 3.05) is 13.1 Å². The molecule has 0 aliphatic carbocycles. The molecule has 1 aliphatic heterocycles. The van der Waals surface area contributed by atoms with E-state index in [0.717, 1.165) is 0 Å². The normalized spacial score (nSPS) is 18.8. The highest BCUT2D eigenvalue weighted by Gasteiger charge is 2.35. The number of benzene rings is 1. The Morgan fingerprint density at radius 2 is 1.82 bits per heavy atom. The minimum Gasteiger partial charge on any atom is -0.481 e. The van der Waals surface area contributed by atoms with E-state index in [2.05, 4.69) is 43.9 Å². The number of nitrogens with zero attached hydrogens (tertiary/aromatic N) is 1. The lowest BCUT2D eigenvalue weighted by Gasteiger charge is -2.41. The van der Waals surface area contributed by atoms with Crippen molar-refractivity contribution >= 4 is 5.97 Å². The predicted octanol–water partition coefficient (Wildman–Crippen LogP) is 2.38. The topological polar surface area (TPSA) is 40.5 Å². The number of carboxylic acid groups (broad SMARTS) is 1. The lowest BCUT2D eigenvalue weighted by molar-refractivity contribution is -0.148. The summed E-state index contributed by atoms with van der Waals surface area (Å²) in [5.41, 5.74) is 3.82. The minimum absolute atomic E-state index is 0.177. The van der Waals surface area contributed by atoms with E-state index in [1.54, 1.807) is 0 Å². The van der Waals surface area contributed by atoms with Crippen LogP contribution < -0.4 is 0 Å². The Morgan fingerprint density at radius 1 is 1.29 bits per heavy atom. The Balaban J connectivity index is 2.06. The van der Waals surface area contributed by atoms with Gasteiger partial charge in [-0.3, -0.25) is 9.69 Å². The molecule has 1 unspecified atom stereocenters. The summed E-state index contributed by atoms with van der Waals surface area (Å²) in [6.07, 6.45) is 0. The maximum Gasteiger partial charge on any atom is 0.309 e. The molecule has 0 amide bonds. The fourth-order valence-electron chi connectivity index (χ4n) is 2.45. The van der Waals surface area contributed by atoms with Crippen LogP contribution in [0.25, 0.3) is 0 Å². The molecule has 1 aromatic rings. The van der Waals surface area contributed by atoms with Gasteiger partial charge in [-0.1, -0.05) is 29.3 Å². The van der Waals surface area contributed by atoms with Gasteiger partial charge in [0, 0.05) is 19.1 Å². The summed E-state index contributed by atoms with van der Waals surface area (Å²) in [6, 6.07) is 6.84. The van der Waals surface area contributed by atoms with E-state index in [9.17, 15) is 4.79 Å². The summed E-state index contributed by atoms with van der Waals surface area (Å²) in [5.74, 6) is -0.850. The number of likely N-dealkylation sites (tertiary alicyclic amines) is 1. The summed E-state index contributed by atoms with van der Waals surface area (Å²) < 4.78 is 0. The number of aryl methyl sites for hydroxylation is 2. The molecule has 1 saturated heterocycles. The second-order valence-corrected chi connectivity index (χ2v) is 5.09. The lowest BCUT2D eigenvalue weighted by atomic mass is 9.94. The van der Waals surface area contributed by atoms with E-state index in [-0.39, 0.29) is 5.92 Å². The molecule has 3 nitrogen and oxygen atoms in total. The van der Waals surface area contributed by atoms with Crippen molar-refractivity contribution in [3.63, 3.8) is 0 Å². The maximum atomic E-state index is 10.8. The van der Waals surface area contributed by atoms with Crippen molar-refractivity contribution in [1.29, 1.82) is 0 Å². The van der Waals surface area contributed by atoms with Gasteiger partial charge in [0.1, 0.15) is 0 Å². The van der Waals surface area contributed by atoms with Gasteiger partial charge in [-0.15, -0.1) is 0 Å². The van der Waals surface area contributed by atoms with Crippen molar-refractivity contribution in [2.24, 2.45) is 5.92 Å². The fraction of sp³-hybridized carbons (Fsp3) is 0.500. The molecular formula is C14H19NO2. The van der Waals surface area contributed by atoms with Crippen molar-refractivity contribution in [1.82, 2.24) is 4.90 Å². The van der Waals surface area contributed by atoms with Crippen LogP contribution in [0.2, 0.25) is 0 Å². The summed E-state index contributed by atoms with van der Waals surface area (Å²) >= 11 is 0. The number of hydrogen-bond donors (Lipinski definition) is 1. The second kappa shape index (κ2) is 4.49. The third kappa shape index (κ3) is 2.50. The molecule has 3 heteroatoms. The fourth-order valence-corrected chi connectivity index (χ4v) is 2.45. The zero-order chi connectivity index (χ0) is 12.6. The summed E-state index contributed by atoms with van der Waals surface area (Å²) in [4.78, 5) is 13.0. The first-order valence-electron chi connectivity index (χ1n) is 6.02. The Labute approximate surface area is 102 Å². The van der Waals surface area contributed by atoms with Gasteiger partial charge >= 0.3 is 5.97 Å². The third-order valence-corrected chi connectivity index (χ3v) is 3.53. The van der Waals surface area contributed by atoms with Crippen molar-refractivity contribution in [2.45, 2.75) is 26.8 Å². The molecule has 1 aromatic carbocycles. The molecule has 1 fully saturated rings. The van der Waals surface area contributed by atoms with Gasteiger partial charge in [0.25, 0.3) is 0 Å². The van der Waals surface area contributed by atoms with E-state index in [0.29, 0.717) is 19.1 Å². The van der Waals surface area contributed by atoms with Crippen LogP contribution in [0.4, 0.5) is 0 Å². The first kappa shape index (κ1) is 12.1. The van der Waals surface area contributed by atoms with E-state index >= 15 is 0 Å². The molecule has 0 saturated carbocycles. The van der Waals surface area contributed by atoms with Gasteiger partial charge < -0.3 is 5.11 Å². The van der Waals surface area contributed by atoms with Crippen molar-refractivity contribution in [3.8, 4) is 0 Å². The van der Waals surface area contributed by atoms with E-state index in [4.69, 9.17) is 5.11 Å². The average molecular weight is 233 g/mol. The Bertz CT molecular complexity index is 416. The lowest BCUT2D eigenvalue weighted by Crippen LogP contribution is -2.51. The zero-order valence-corrected chi connectivity index (χ0v) is 10.6. The van der Waals surface area contributed by atoms with Crippen LogP contribution in [-0.4, -0.2) is 29.1 Å². The zero-order valence-electron chi connectivity index (χ0n) is 10.6. The highest BCUT2D eigenvalue weighted by Crippen LogP contribution is 2.29. The highest BCUT2D eigenvalue weighted by atomic mass is 16.4. The predicted molar refractivity (Wildman–Crippen MR) is 67.0 cm³/mol. The number of rotatable bonds is 3. The smallest absolute Gasteiger partial charge is 0.309 e. The van der Waals surface area contributed by atoms with Gasteiger partial charge in [-0.05, 0) is 26.3 Å². The van der Waals surface area contributed by atoms with E-state index in [1.165, 1.54) is 16.7 Å². The Morgan fingerprint density at radius 3 is 2.29 bits per heavy atom. The van der Waals surface area contributed by atoms with E-state index < -0.39 is 5.97 Å². The standard InChI is InChI=1S/C14H19NO2/c1-9-4-10(2)6-12(5-9)11(3)15-7-13(8-15)14(16)17/h4-6,11,13H,7-8H2,1-3H3,(H,16,17). The molecule has 1 atom stereocenters. The number of aliphatic carboxylic acids is 1.